The van der Waals surface area contributed by atoms with Gasteiger partial charge in [-0.15, -0.1) is 0 Å². The van der Waals surface area contributed by atoms with Crippen molar-refractivity contribution in [3.63, 3.8) is 0 Å². The van der Waals surface area contributed by atoms with Crippen LogP contribution in [0.1, 0.15) is 39.2 Å². The summed E-state index contributed by atoms with van der Waals surface area (Å²) < 4.78 is 0. The Morgan fingerprint density at radius 3 is 2.78 bits per heavy atom. The molecule has 1 fully saturated rings. The van der Waals surface area contributed by atoms with E-state index in [2.05, 4.69) is 47.9 Å². The standard InChI is InChI=1S/C14H24N4/c1-5-7-15-12-11(2)13(17-10-16-12)18-8-6-14(3,4)9-18/h10H,5-9H2,1-4H3,(H,15,16,17). The average Bonchev–Trinajstić information content (AvgIpc) is 2.68. The summed E-state index contributed by atoms with van der Waals surface area (Å²) >= 11 is 0. The summed E-state index contributed by atoms with van der Waals surface area (Å²) in [5.41, 5.74) is 1.57. The zero-order valence-electron chi connectivity index (χ0n) is 12.0. The number of aromatic nitrogens is 2. The molecule has 1 aliphatic heterocycles. The Morgan fingerprint density at radius 2 is 2.17 bits per heavy atom. The van der Waals surface area contributed by atoms with Crippen LogP contribution in [-0.4, -0.2) is 29.6 Å². The van der Waals surface area contributed by atoms with Gasteiger partial charge in [-0.25, -0.2) is 9.97 Å². The van der Waals surface area contributed by atoms with E-state index >= 15 is 0 Å². The maximum Gasteiger partial charge on any atom is 0.137 e. The van der Waals surface area contributed by atoms with Crippen LogP contribution in [0.25, 0.3) is 0 Å². The van der Waals surface area contributed by atoms with Gasteiger partial charge in [-0.3, -0.25) is 0 Å². The molecule has 0 spiro atoms. The van der Waals surface area contributed by atoms with Crippen molar-refractivity contribution in [2.45, 2.75) is 40.5 Å². The van der Waals surface area contributed by atoms with Crippen molar-refractivity contribution < 1.29 is 0 Å². The summed E-state index contributed by atoms with van der Waals surface area (Å²) in [6.07, 6.45) is 4.01. The molecule has 18 heavy (non-hydrogen) atoms. The third-order valence-corrected chi connectivity index (χ3v) is 3.58. The second-order valence-electron chi connectivity index (χ2n) is 5.93. The minimum absolute atomic E-state index is 0.397. The first-order valence-electron chi connectivity index (χ1n) is 6.84. The van der Waals surface area contributed by atoms with E-state index in [9.17, 15) is 0 Å². The quantitative estimate of drug-likeness (QED) is 0.889. The highest BCUT2D eigenvalue weighted by Gasteiger charge is 2.30. The van der Waals surface area contributed by atoms with Crippen LogP contribution < -0.4 is 10.2 Å². The van der Waals surface area contributed by atoms with E-state index < -0.39 is 0 Å². The van der Waals surface area contributed by atoms with E-state index in [4.69, 9.17) is 0 Å². The SMILES string of the molecule is CCCNc1ncnc(N2CCC(C)(C)C2)c1C. The highest BCUT2D eigenvalue weighted by molar-refractivity contribution is 5.58. The highest BCUT2D eigenvalue weighted by atomic mass is 15.2. The van der Waals surface area contributed by atoms with Crippen molar-refractivity contribution in [3.05, 3.63) is 11.9 Å². The molecular formula is C14H24N4. The molecule has 0 saturated carbocycles. The molecule has 2 rings (SSSR count). The molecule has 0 aliphatic carbocycles. The zero-order valence-corrected chi connectivity index (χ0v) is 12.0. The van der Waals surface area contributed by atoms with Crippen LogP contribution in [0.15, 0.2) is 6.33 Å². The van der Waals surface area contributed by atoms with Crippen LogP contribution in [0, 0.1) is 12.3 Å². The first-order valence-corrected chi connectivity index (χ1v) is 6.84. The van der Waals surface area contributed by atoms with Crippen LogP contribution in [0.5, 0.6) is 0 Å². The van der Waals surface area contributed by atoms with E-state index in [1.807, 2.05) is 0 Å². The van der Waals surface area contributed by atoms with Gasteiger partial charge in [-0.1, -0.05) is 20.8 Å². The summed E-state index contributed by atoms with van der Waals surface area (Å²) in [4.78, 5) is 11.2. The predicted molar refractivity (Wildman–Crippen MR) is 76.2 cm³/mol. The van der Waals surface area contributed by atoms with Crippen LogP contribution in [-0.2, 0) is 0 Å². The molecule has 100 valence electrons. The maximum atomic E-state index is 4.47. The molecule has 2 heterocycles. The third-order valence-electron chi connectivity index (χ3n) is 3.58. The zero-order chi connectivity index (χ0) is 13.2. The fraction of sp³-hybridized carbons (Fsp3) is 0.714. The van der Waals surface area contributed by atoms with Crippen LogP contribution in [0.2, 0.25) is 0 Å². The molecule has 0 radical (unpaired) electrons. The number of hydrogen-bond donors (Lipinski definition) is 1. The Balaban J connectivity index is 2.18. The van der Waals surface area contributed by atoms with Crippen molar-refractivity contribution in [2.24, 2.45) is 5.41 Å². The van der Waals surface area contributed by atoms with Gasteiger partial charge in [0.05, 0.1) is 0 Å². The first kappa shape index (κ1) is 13.1. The van der Waals surface area contributed by atoms with E-state index in [0.717, 1.165) is 37.7 Å². The fourth-order valence-corrected chi connectivity index (χ4v) is 2.47. The minimum Gasteiger partial charge on any atom is -0.370 e. The van der Waals surface area contributed by atoms with Crippen molar-refractivity contribution in [2.75, 3.05) is 29.9 Å². The van der Waals surface area contributed by atoms with E-state index in [-0.39, 0.29) is 0 Å². The lowest BCUT2D eigenvalue weighted by Crippen LogP contribution is -2.25. The molecule has 1 aromatic heterocycles. The maximum absolute atomic E-state index is 4.47. The molecule has 0 amide bonds. The van der Waals surface area contributed by atoms with Gasteiger partial charge in [-0.2, -0.15) is 0 Å². The monoisotopic (exact) mass is 248 g/mol. The summed E-state index contributed by atoms with van der Waals surface area (Å²) in [5.74, 6) is 2.07. The first-order chi connectivity index (χ1) is 8.53. The van der Waals surface area contributed by atoms with E-state index in [0.29, 0.717) is 5.41 Å². The molecule has 1 aromatic rings. The Bertz CT molecular complexity index is 414. The summed E-state index contributed by atoms with van der Waals surface area (Å²) in [6.45, 7) is 12.0. The van der Waals surface area contributed by atoms with Gasteiger partial charge in [0.1, 0.15) is 18.0 Å². The lowest BCUT2D eigenvalue weighted by atomic mass is 9.93. The number of nitrogens with zero attached hydrogens (tertiary/aromatic N) is 3. The van der Waals surface area contributed by atoms with Crippen LogP contribution in [0.3, 0.4) is 0 Å². The summed E-state index contributed by atoms with van der Waals surface area (Å²) in [6, 6.07) is 0. The second-order valence-corrected chi connectivity index (χ2v) is 5.93. The smallest absolute Gasteiger partial charge is 0.137 e. The molecule has 1 N–H and O–H groups in total. The Hall–Kier alpha value is -1.32. The lowest BCUT2D eigenvalue weighted by Gasteiger charge is -2.23. The molecule has 0 atom stereocenters. The van der Waals surface area contributed by atoms with Crippen molar-refractivity contribution in [3.8, 4) is 0 Å². The van der Waals surface area contributed by atoms with Crippen LogP contribution >= 0.6 is 0 Å². The molecule has 1 aliphatic rings. The summed E-state index contributed by atoms with van der Waals surface area (Å²) in [5, 5.41) is 3.37. The van der Waals surface area contributed by atoms with Gasteiger partial charge in [0.15, 0.2) is 0 Å². The molecule has 0 aromatic carbocycles. The fourth-order valence-electron chi connectivity index (χ4n) is 2.47. The molecule has 4 nitrogen and oxygen atoms in total. The number of rotatable bonds is 4. The number of anilines is 2. The Labute approximate surface area is 110 Å². The van der Waals surface area contributed by atoms with Gasteiger partial charge < -0.3 is 10.2 Å². The topological polar surface area (TPSA) is 41.1 Å². The van der Waals surface area contributed by atoms with Gasteiger partial charge in [-0.05, 0) is 25.2 Å². The predicted octanol–water partition coefficient (Wildman–Crippen LogP) is 2.84. The average molecular weight is 248 g/mol. The molecule has 1 saturated heterocycles. The van der Waals surface area contributed by atoms with E-state index in [1.165, 1.54) is 12.0 Å². The minimum atomic E-state index is 0.397. The Kier molecular flexibility index (Phi) is 3.73. The van der Waals surface area contributed by atoms with E-state index in [1.54, 1.807) is 6.33 Å². The molecular weight excluding hydrogens is 224 g/mol. The van der Waals surface area contributed by atoms with Crippen molar-refractivity contribution in [1.29, 1.82) is 0 Å². The molecule has 0 bridgehead atoms. The molecule has 0 unspecified atom stereocenters. The normalized spacial score (nSPS) is 18.1. The van der Waals surface area contributed by atoms with Gasteiger partial charge in [0.2, 0.25) is 0 Å². The number of nitrogens with one attached hydrogen (secondary N) is 1. The number of hydrogen-bond acceptors (Lipinski definition) is 4. The van der Waals surface area contributed by atoms with Crippen molar-refractivity contribution in [1.82, 2.24) is 9.97 Å². The third kappa shape index (κ3) is 2.74. The van der Waals surface area contributed by atoms with Crippen molar-refractivity contribution >= 4 is 11.6 Å². The van der Waals surface area contributed by atoms with Gasteiger partial charge >= 0.3 is 0 Å². The largest absolute Gasteiger partial charge is 0.370 e. The lowest BCUT2D eigenvalue weighted by molar-refractivity contribution is 0.418. The van der Waals surface area contributed by atoms with Crippen LogP contribution in [0.4, 0.5) is 11.6 Å². The van der Waals surface area contributed by atoms with Gasteiger partial charge in [0.25, 0.3) is 0 Å². The van der Waals surface area contributed by atoms with Gasteiger partial charge in [0, 0.05) is 25.2 Å². The summed E-state index contributed by atoms with van der Waals surface area (Å²) in [7, 11) is 0. The second kappa shape index (κ2) is 5.12. The molecule has 4 heteroatoms. The highest BCUT2D eigenvalue weighted by Crippen LogP contribution is 2.33. The Morgan fingerprint density at radius 1 is 1.39 bits per heavy atom.